The topological polar surface area (TPSA) is 73.8 Å². The van der Waals surface area contributed by atoms with Gasteiger partial charge in [-0.1, -0.05) is 49.4 Å². The molecule has 0 saturated heterocycles. The average molecular weight is 613 g/mol. The summed E-state index contributed by atoms with van der Waals surface area (Å²) in [6.45, 7) is 12.2. The largest absolute Gasteiger partial charge is 0.302 e. The fraction of sp³-hybridized carbons (Fsp3) is 0.355. The van der Waals surface area contributed by atoms with Crippen molar-refractivity contribution in [3.05, 3.63) is 88.5 Å². The van der Waals surface area contributed by atoms with E-state index in [-0.39, 0.29) is 23.2 Å². The van der Waals surface area contributed by atoms with Gasteiger partial charge in [0.2, 0.25) is 10.0 Å². The summed E-state index contributed by atoms with van der Waals surface area (Å²) in [5.41, 5.74) is 5.91. The molecule has 7 nitrogen and oxygen atoms in total. The maximum Gasteiger partial charge on any atom is 0.260 e. The fourth-order valence-electron chi connectivity index (χ4n) is 5.10. The smallest absolute Gasteiger partial charge is 0.260 e. The lowest BCUT2D eigenvalue weighted by molar-refractivity contribution is 0.0983. The molecule has 5 rings (SSSR count). The molecule has 10 heteroatoms. The lowest BCUT2D eigenvalue weighted by atomic mass is 10.0. The van der Waals surface area contributed by atoms with Crippen LogP contribution in [0.15, 0.2) is 65.6 Å². The summed E-state index contributed by atoms with van der Waals surface area (Å²) in [5, 5.41) is 0.654. The molecule has 4 aromatic rings. The number of carbonyl (C=O) groups excluding carboxylic acids is 1. The van der Waals surface area contributed by atoms with Crippen LogP contribution in [0, 0.1) is 13.8 Å². The average Bonchev–Trinajstić information content (AvgIpc) is 3.37. The summed E-state index contributed by atoms with van der Waals surface area (Å²) in [6, 6.07) is 18.5. The van der Waals surface area contributed by atoms with E-state index in [2.05, 4.69) is 50.8 Å². The Hall–Kier alpha value is -2.82. The van der Waals surface area contributed by atoms with Crippen molar-refractivity contribution in [1.82, 2.24) is 14.2 Å². The van der Waals surface area contributed by atoms with Crippen molar-refractivity contribution in [1.29, 1.82) is 0 Å². The van der Waals surface area contributed by atoms with E-state index in [0.717, 1.165) is 35.4 Å². The Labute approximate surface area is 253 Å². The first-order valence-corrected chi connectivity index (χ1v) is 16.1. The van der Waals surface area contributed by atoms with Gasteiger partial charge in [0.15, 0.2) is 5.13 Å². The molecule has 0 N–H and O–H groups in total. The highest BCUT2D eigenvalue weighted by molar-refractivity contribution is 7.89. The van der Waals surface area contributed by atoms with Crippen LogP contribution in [0.1, 0.15) is 46.5 Å². The molecule has 3 aromatic carbocycles. The van der Waals surface area contributed by atoms with Crippen LogP contribution in [0.2, 0.25) is 0 Å². The van der Waals surface area contributed by atoms with Gasteiger partial charge in [-0.25, -0.2) is 13.4 Å². The number of likely N-dealkylation sites (N-methyl/N-ethyl adjacent to an activating group) is 1. The zero-order valence-electron chi connectivity index (χ0n) is 24.0. The third kappa shape index (κ3) is 6.49. The van der Waals surface area contributed by atoms with E-state index >= 15 is 0 Å². The highest BCUT2D eigenvalue weighted by atomic mass is 35.5. The van der Waals surface area contributed by atoms with E-state index in [9.17, 15) is 13.2 Å². The number of amides is 1. The summed E-state index contributed by atoms with van der Waals surface area (Å²) < 4.78 is 29.5. The molecule has 41 heavy (non-hydrogen) atoms. The normalized spacial score (nSPS) is 13.7. The molecule has 1 aliphatic rings. The Morgan fingerprint density at radius 1 is 0.951 bits per heavy atom. The molecule has 0 atom stereocenters. The molecule has 0 fully saturated rings. The van der Waals surface area contributed by atoms with Crippen LogP contribution in [0.3, 0.4) is 0 Å². The van der Waals surface area contributed by atoms with Gasteiger partial charge in [-0.15, -0.1) is 12.4 Å². The van der Waals surface area contributed by atoms with Crippen LogP contribution in [0.5, 0.6) is 0 Å². The molecule has 1 aromatic heterocycles. The van der Waals surface area contributed by atoms with Crippen molar-refractivity contribution in [2.24, 2.45) is 0 Å². The van der Waals surface area contributed by atoms with Crippen LogP contribution in [-0.4, -0.2) is 61.2 Å². The van der Waals surface area contributed by atoms with Crippen molar-refractivity contribution in [2.75, 3.05) is 37.6 Å². The Kier molecular flexibility index (Phi) is 9.87. The SMILES string of the molecule is CCN(CC)CCN(C(=O)c1ccc(S(=O)(=O)N2CCc3ccccc3C2)cc1)c1nc2cc(C)c(C)cc2s1.Cl. The minimum Gasteiger partial charge on any atom is -0.302 e. The Morgan fingerprint density at radius 3 is 2.29 bits per heavy atom. The molecule has 1 amide bonds. The van der Waals surface area contributed by atoms with Gasteiger partial charge in [-0.05, 0) is 92.0 Å². The van der Waals surface area contributed by atoms with Crippen LogP contribution in [-0.2, 0) is 23.0 Å². The zero-order valence-corrected chi connectivity index (χ0v) is 26.4. The minimum absolute atomic E-state index is 0. The van der Waals surface area contributed by atoms with Gasteiger partial charge in [0.05, 0.1) is 15.1 Å². The number of aromatic nitrogens is 1. The van der Waals surface area contributed by atoms with Crippen LogP contribution in [0.25, 0.3) is 10.2 Å². The molecule has 2 heterocycles. The van der Waals surface area contributed by atoms with E-state index in [1.54, 1.807) is 29.2 Å². The number of halogens is 1. The van der Waals surface area contributed by atoms with Gasteiger partial charge in [0.1, 0.15) is 0 Å². The number of fused-ring (bicyclic) bond motifs is 2. The first-order chi connectivity index (χ1) is 19.2. The number of carbonyl (C=O) groups is 1. The number of hydrogen-bond acceptors (Lipinski definition) is 6. The number of rotatable bonds is 9. The summed E-state index contributed by atoms with van der Waals surface area (Å²) in [6.07, 6.45) is 0.689. The highest BCUT2D eigenvalue weighted by Crippen LogP contribution is 2.32. The predicted molar refractivity (Wildman–Crippen MR) is 170 cm³/mol. The second kappa shape index (κ2) is 13.0. The van der Waals surface area contributed by atoms with E-state index in [4.69, 9.17) is 4.98 Å². The van der Waals surface area contributed by atoms with Crippen molar-refractivity contribution in [2.45, 2.75) is 45.6 Å². The second-order valence-electron chi connectivity index (χ2n) is 10.3. The summed E-state index contributed by atoms with van der Waals surface area (Å²) in [4.78, 5) is 22.9. The molecular weight excluding hydrogens is 576 g/mol. The number of anilines is 1. The molecule has 0 bridgehead atoms. The molecule has 0 unspecified atom stereocenters. The second-order valence-corrected chi connectivity index (χ2v) is 13.2. The number of thiazole rings is 1. The Bertz CT molecular complexity index is 1590. The molecular formula is C31H37ClN4O3S2. The van der Waals surface area contributed by atoms with Gasteiger partial charge in [0, 0.05) is 31.7 Å². The first kappa shape index (κ1) is 31.1. The number of sulfonamides is 1. The van der Waals surface area contributed by atoms with E-state index < -0.39 is 10.0 Å². The van der Waals surface area contributed by atoms with Crippen LogP contribution in [0.4, 0.5) is 5.13 Å². The third-order valence-electron chi connectivity index (χ3n) is 7.84. The van der Waals surface area contributed by atoms with Crippen molar-refractivity contribution >= 4 is 55.0 Å². The first-order valence-electron chi connectivity index (χ1n) is 13.8. The van der Waals surface area contributed by atoms with E-state index in [1.807, 2.05) is 18.2 Å². The number of aryl methyl sites for hydroxylation is 2. The summed E-state index contributed by atoms with van der Waals surface area (Å²) in [7, 11) is -3.68. The standard InChI is InChI=1S/C31H36N4O3S2.ClH/c1-5-33(6-2)17-18-35(31-32-28-19-22(3)23(4)20-29(28)39-31)30(36)25-11-13-27(14-12-25)40(37,38)34-16-15-24-9-7-8-10-26(24)21-34;/h7-14,19-20H,5-6,15-18,21H2,1-4H3;1H. The predicted octanol–water partition coefficient (Wildman–Crippen LogP) is 6.07. The lowest BCUT2D eigenvalue weighted by Crippen LogP contribution is -2.39. The highest BCUT2D eigenvalue weighted by Gasteiger charge is 2.29. The monoisotopic (exact) mass is 612 g/mol. The fourth-order valence-corrected chi connectivity index (χ4v) is 7.59. The molecule has 0 spiro atoms. The van der Waals surface area contributed by atoms with Crippen LogP contribution < -0.4 is 4.90 Å². The lowest BCUT2D eigenvalue weighted by Gasteiger charge is -2.28. The van der Waals surface area contributed by atoms with Crippen molar-refractivity contribution < 1.29 is 13.2 Å². The molecule has 0 saturated carbocycles. The maximum atomic E-state index is 13.9. The molecule has 218 valence electrons. The van der Waals surface area contributed by atoms with Gasteiger partial charge in [0.25, 0.3) is 5.91 Å². The van der Waals surface area contributed by atoms with Crippen molar-refractivity contribution in [3.8, 4) is 0 Å². The van der Waals surface area contributed by atoms with Crippen molar-refractivity contribution in [3.63, 3.8) is 0 Å². The maximum absolute atomic E-state index is 13.9. The van der Waals surface area contributed by atoms with E-state index in [1.165, 1.54) is 32.3 Å². The Balaban J connectivity index is 0.00000387. The summed E-state index contributed by atoms with van der Waals surface area (Å²) in [5.74, 6) is -0.185. The van der Waals surface area contributed by atoms with Crippen LogP contribution >= 0.6 is 23.7 Å². The van der Waals surface area contributed by atoms with Gasteiger partial charge in [-0.2, -0.15) is 4.31 Å². The summed E-state index contributed by atoms with van der Waals surface area (Å²) >= 11 is 1.51. The van der Waals surface area contributed by atoms with E-state index in [0.29, 0.717) is 36.8 Å². The van der Waals surface area contributed by atoms with Gasteiger partial charge >= 0.3 is 0 Å². The number of benzene rings is 3. The van der Waals surface area contributed by atoms with Gasteiger partial charge in [-0.3, -0.25) is 9.69 Å². The molecule has 1 aliphatic heterocycles. The Morgan fingerprint density at radius 2 is 1.61 bits per heavy atom. The number of hydrogen-bond donors (Lipinski definition) is 0. The number of nitrogens with zero attached hydrogens (tertiary/aromatic N) is 4. The molecule has 0 radical (unpaired) electrons. The quantitative estimate of drug-likeness (QED) is 0.229. The molecule has 0 aliphatic carbocycles. The van der Waals surface area contributed by atoms with Gasteiger partial charge < -0.3 is 4.90 Å². The zero-order chi connectivity index (χ0) is 28.4. The minimum atomic E-state index is -3.68. The third-order valence-corrected chi connectivity index (χ3v) is 10.7.